The Morgan fingerprint density at radius 2 is 2.00 bits per heavy atom. The summed E-state index contributed by atoms with van der Waals surface area (Å²) < 4.78 is 22.2. The molecule has 1 rings (SSSR count). The molecule has 4 N–H and O–H groups in total. The highest BCUT2D eigenvalue weighted by atomic mass is 32.2. The van der Waals surface area contributed by atoms with Gasteiger partial charge in [-0.2, -0.15) is 0 Å². The fourth-order valence-electron chi connectivity index (χ4n) is 1.40. The van der Waals surface area contributed by atoms with Crippen molar-refractivity contribution in [3.63, 3.8) is 0 Å². The molecule has 7 heteroatoms. The number of nitrogens with one attached hydrogen (secondary N) is 2. The maximum atomic E-state index is 11.1. The fraction of sp³-hybridized carbons (Fsp3) is 0.857. The minimum atomic E-state index is -2.80. The van der Waals surface area contributed by atoms with E-state index in [0.717, 1.165) is 0 Å². The first-order valence-corrected chi connectivity index (χ1v) is 6.30. The van der Waals surface area contributed by atoms with E-state index < -0.39 is 9.84 Å². The molecule has 0 amide bonds. The zero-order valence-electron chi connectivity index (χ0n) is 8.16. The highest BCUT2D eigenvalue weighted by molar-refractivity contribution is 7.91. The maximum absolute atomic E-state index is 11.1. The monoisotopic (exact) mass is 220 g/mol. The minimum Gasteiger partial charge on any atom is -0.353 e. The van der Waals surface area contributed by atoms with Gasteiger partial charge in [-0.15, -0.1) is 0 Å². The Morgan fingerprint density at radius 3 is 2.43 bits per heavy atom. The Kier molecular flexibility index (Phi) is 3.70. The van der Waals surface area contributed by atoms with Crippen LogP contribution in [0.2, 0.25) is 0 Å². The van der Waals surface area contributed by atoms with E-state index in [1.165, 1.54) is 0 Å². The van der Waals surface area contributed by atoms with Crippen LogP contribution in [-0.2, 0) is 9.84 Å². The number of hydrogen-bond acceptors (Lipinski definition) is 4. The van der Waals surface area contributed by atoms with Gasteiger partial charge in [0.1, 0.15) is 9.84 Å². The van der Waals surface area contributed by atoms with Crippen molar-refractivity contribution < 1.29 is 8.42 Å². The van der Waals surface area contributed by atoms with Gasteiger partial charge in [0, 0.05) is 13.1 Å². The summed E-state index contributed by atoms with van der Waals surface area (Å²) in [7, 11) is -1.18. The van der Waals surface area contributed by atoms with Crippen molar-refractivity contribution in [3.8, 4) is 0 Å². The molecular weight excluding hydrogens is 204 g/mol. The van der Waals surface area contributed by atoms with Crippen molar-refractivity contribution in [2.75, 3.05) is 18.6 Å². The number of sulfone groups is 1. The fourth-order valence-corrected chi connectivity index (χ4v) is 2.89. The highest BCUT2D eigenvalue weighted by Gasteiger charge is 2.23. The van der Waals surface area contributed by atoms with E-state index >= 15 is 0 Å². The van der Waals surface area contributed by atoms with Crippen molar-refractivity contribution in [1.29, 1.82) is 0 Å². The standard InChI is InChI=1S/C7H16N4O2S/c1-9-7(11-8)10-6-2-4-14(12,13)5-3-6/h6H,2-5,8H2,1H3,(H2,9,10,11). The Balaban J connectivity index is 2.43. The molecule has 1 fully saturated rings. The summed E-state index contributed by atoms with van der Waals surface area (Å²) in [5.74, 6) is 6.17. The molecule has 0 spiro atoms. The van der Waals surface area contributed by atoms with Crippen LogP contribution in [0.4, 0.5) is 0 Å². The van der Waals surface area contributed by atoms with Crippen molar-refractivity contribution in [2.24, 2.45) is 10.8 Å². The molecule has 0 unspecified atom stereocenters. The molecule has 0 aromatic carbocycles. The lowest BCUT2D eigenvalue weighted by atomic mass is 10.2. The van der Waals surface area contributed by atoms with Crippen molar-refractivity contribution in [3.05, 3.63) is 0 Å². The zero-order valence-corrected chi connectivity index (χ0v) is 8.97. The quantitative estimate of drug-likeness (QED) is 0.219. The van der Waals surface area contributed by atoms with Crippen molar-refractivity contribution in [1.82, 2.24) is 10.7 Å². The molecular formula is C7H16N4O2S. The molecule has 0 radical (unpaired) electrons. The summed E-state index contributed by atoms with van der Waals surface area (Å²) in [6, 6.07) is 0.147. The number of guanidine groups is 1. The molecule has 0 aromatic heterocycles. The normalized spacial score (nSPS) is 23.1. The summed E-state index contributed by atoms with van der Waals surface area (Å²) >= 11 is 0. The van der Waals surface area contributed by atoms with E-state index in [4.69, 9.17) is 5.84 Å². The van der Waals surface area contributed by atoms with Gasteiger partial charge in [0.15, 0.2) is 0 Å². The highest BCUT2D eigenvalue weighted by Crippen LogP contribution is 2.11. The first kappa shape index (κ1) is 11.3. The van der Waals surface area contributed by atoms with Gasteiger partial charge in [-0.3, -0.25) is 10.4 Å². The van der Waals surface area contributed by atoms with Gasteiger partial charge < -0.3 is 5.32 Å². The van der Waals surface area contributed by atoms with E-state index in [1.54, 1.807) is 7.05 Å². The van der Waals surface area contributed by atoms with E-state index in [2.05, 4.69) is 15.7 Å². The summed E-state index contributed by atoms with van der Waals surface area (Å²) in [5, 5.41) is 3.04. The molecule has 1 heterocycles. The topological polar surface area (TPSA) is 96.6 Å². The van der Waals surface area contributed by atoms with Crippen molar-refractivity contribution >= 4 is 15.8 Å². The number of aliphatic imine (C=N–C) groups is 1. The van der Waals surface area contributed by atoms with E-state index in [0.29, 0.717) is 18.8 Å². The average Bonchev–Trinajstić information content (AvgIpc) is 2.16. The lowest BCUT2D eigenvalue weighted by Gasteiger charge is -2.24. The van der Waals surface area contributed by atoms with Crippen LogP contribution < -0.4 is 16.6 Å². The van der Waals surface area contributed by atoms with Crippen LogP contribution >= 0.6 is 0 Å². The van der Waals surface area contributed by atoms with Gasteiger partial charge in [-0.1, -0.05) is 0 Å². The van der Waals surface area contributed by atoms with Crippen LogP contribution in [0.3, 0.4) is 0 Å². The second-order valence-electron chi connectivity index (χ2n) is 3.29. The summed E-state index contributed by atoms with van der Waals surface area (Å²) in [4.78, 5) is 3.86. The van der Waals surface area contributed by atoms with Crippen LogP contribution in [-0.4, -0.2) is 39.0 Å². The second kappa shape index (κ2) is 4.61. The Bertz CT molecular complexity index is 298. The molecule has 0 bridgehead atoms. The van der Waals surface area contributed by atoms with Crippen molar-refractivity contribution in [2.45, 2.75) is 18.9 Å². The van der Waals surface area contributed by atoms with Gasteiger partial charge in [-0.05, 0) is 12.8 Å². The molecule has 82 valence electrons. The van der Waals surface area contributed by atoms with Gasteiger partial charge >= 0.3 is 0 Å². The van der Waals surface area contributed by atoms with Crippen LogP contribution in [0.1, 0.15) is 12.8 Å². The Labute approximate surface area is 83.9 Å². The van der Waals surface area contributed by atoms with E-state index in [9.17, 15) is 8.42 Å². The minimum absolute atomic E-state index is 0.147. The summed E-state index contributed by atoms with van der Waals surface area (Å²) in [5.41, 5.74) is 2.41. The molecule has 6 nitrogen and oxygen atoms in total. The molecule has 14 heavy (non-hydrogen) atoms. The predicted molar refractivity (Wildman–Crippen MR) is 55.5 cm³/mol. The van der Waals surface area contributed by atoms with Gasteiger partial charge in [0.25, 0.3) is 0 Å². The number of hydrogen-bond donors (Lipinski definition) is 3. The Morgan fingerprint density at radius 1 is 1.43 bits per heavy atom. The zero-order chi connectivity index (χ0) is 10.6. The molecule has 0 atom stereocenters. The summed E-state index contributed by atoms with van der Waals surface area (Å²) in [6.45, 7) is 0. The summed E-state index contributed by atoms with van der Waals surface area (Å²) in [6.07, 6.45) is 1.23. The number of hydrazine groups is 1. The number of nitrogens with two attached hydrogens (primary N) is 1. The number of rotatable bonds is 1. The molecule has 0 aliphatic carbocycles. The average molecular weight is 220 g/mol. The van der Waals surface area contributed by atoms with Crippen LogP contribution in [0.15, 0.2) is 4.99 Å². The van der Waals surface area contributed by atoms with Gasteiger partial charge in [-0.25, -0.2) is 14.3 Å². The number of nitrogens with zero attached hydrogens (tertiary/aromatic N) is 1. The second-order valence-corrected chi connectivity index (χ2v) is 5.59. The van der Waals surface area contributed by atoms with E-state index in [1.807, 2.05) is 0 Å². The third-order valence-electron chi connectivity index (χ3n) is 2.26. The molecule has 0 saturated carbocycles. The SMILES string of the molecule is CN=C(NN)NC1CCS(=O)(=O)CC1. The van der Waals surface area contributed by atoms with Crippen LogP contribution in [0, 0.1) is 0 Å². The van der Waals surface area contributed by atoms with Crippen LogP contribution in [0.25, 0.3) is 0 Å². The van der Waals surface area contributed by atoms with E-state index in [-0.39, 0.29) is 17.5 Å². The van der Waals surface area contributed by atoms with Gasteiger partial charge in [0.2, 0.25) is 5.96 Å². The Hall–Kier alpha value is -0.820. The molecule has 1 aliphatic rings. The lowest BCUT2D eigenvalue weighted by Crippen LogP contribution is -2.48. The first-order valence-electron chi connectivity index (χ1n) is 4.48. The smallest absolute Gasteiger partial charge is 0.205 e. The molecule has 1 aliphatic heterocycles. The third kappa shape index (κ3) is 3.15. The maximum Gasteiger partial charge on any atom is 0.205 e. The predicted octanol–water partition coefficient (Wildman–Crippen LogP) is -1.40. The first-order chi connectivity index (χ1) is 6.57. The lowest BCUT2D eigenvalue weighted by molar-refractivity contribution is 0.516. The third-order valence-corrected chi connectivity index (χ3v) is 3.97. The van der Waals surface area contributed by atoms with Crippen LogP contribution in [0.5, 0.6) is 0 Å². The molecule has 0 aromatic rings. The van der Waals surface area contributed by atoms with Gasteiger partial charge in [0.05, 0.1) is 11.5 Å². The molecule has 1 saturated heterocycles. The largest absolute Gasteiger partial charge is 0.353 e.